The Morgan fingerprint density at radius 3 is 2.48 bits per heavy atom. The molecule has 1 amide bonds. The van der Waals surface area contributed by atoms with Gasteiger partial charge in [-0.3, -0.25) is 4.79 Å². The fraction of sp³-hybridized carbons (Fsp3) is 0.485. The average molecular weight is 571 g/mol. The first kappa shape index (κ1) is 27.0. The van der Waals surface area contributed by atoms with Gasteiger partial charge in [0.25, 0.3) is 0 Å². The molecule has 3 aromatic heterocycles. The highest BCUT2D eigenvalue weighted by molar-refractivity contribution is 5.93. The van der Waals surface area contributed by atoms with Gasteiger partial charge >= 0.3 is 5.97 Å². The van der Waals surface area contributed by atoms with Crippen molar-refractivity contribution >= 4 is 28.3 Å². The number of methoxy groups -OCH3 is 2. The summed E-state index contributed by atoms with van der Waals surface area (Å²) in [4.78, 5) is 27.5. The summed E-state index contributed by atoms with van der Waals surface area (Å²) >= 11 is 0. The molecule has 0 bridgehead atoms. The number of aliphatic hydroxyl groups is 1. The first-order chi connectivity index (χ1) is 20.4. The molecule has 2 saturated carbocycles. The largest absolute Gasteiger partial charge is 0.494 e. The molecule has 0 unspecified atom stereocenters. The lowest BCUT2D eigenvalue weighted by molar-refractivity contribution is -0.141. The lowest BCUT2D eigenvalue weighted by Crippen LogP contribution is -2.51. The lowest BCUT2D eigenvalue weighted by atomic mass is 9.83. The van der Waals surface area contributed by atoms with Gasteiger partial charge in [0.2, 0.25) is 5.91 Å². The summed E-state index contributed by atoms with van der Waals surface area (Å²) in [5.41, 5.74) is 6.63. The minimum absolute atomic E-state index is 0.0465. The number of likely N-dealkylation sites (tertiary alicyclic amines) is 1. The van der Waals surface area contributed by atoms with E-state index in [1.807, 2.05) is 4.90 Å². The molecule has 1 N–H and O–H groups in total. The molecule has 0 radical (unpaired) electrons. The minimum atomic E-state index is -0.438. The Hall–Kier alpha value is -3.85. The molecule has 1 aromatic carbocycles. The van der Waals surface area contributed by atoms with Gasteiger partial charge in [-0.25, -0.2) is 9.31 Å². The summed E-state index contributed by atoms with van der Waals surface area (Å²) in [5.74, 6) is 1.37. The third-order valence-corrected chi connectivity index (χ3v) is 9.58. The number of aryl methyl sites for hydroxylation is 1. The predicted molar refractivity (Wildman–Crippen MR) is 159 cm³/mol. The molecule has 0 atom stereocenters. The van der Waals surface area contributed by atoms with Crippen LogP contribution in [0, 0.1) is 18.8 Å². The van der Waals surface area contributed by atoms with E-state index in [9.17, 15) is 14.7 Å². The number of benzene rings is 1. The molecule has 42 heavy (non-hydrogen) atoms. The van der Waals surface area contributed by atoms with Crippen LogP contribution in [-0.2, 0) is 16.1 Å². The summed E-state index contributed by atoms with van der Waals surface area (Å²) in [6.45, 7) is 4.45. The number of fused-ring (bicyclic) bond motifs is 2. The SMILES string of the molecule is COC(=O)c1cc(OC)c2c(C)c(-c3cc4cccc(C5CN(C(=O)C6CCC(O)CC6)C5)c4n3CC3CC3)nn2c1. The summed E-state index contributed by atoms with van der Waals surface area (Å²) in [6, 6.07) is 10.5. The van der Waals surface area contributed by atoms with Crippen molar-refractivity contribution in [2.24, 2.45) is 11.8 Å². The fourth-order valence-electron chi connectivity index (χ4n) is 6.98. The van der Waals surface area contributed by atoms with E-state index in [0.29, 0.717) is 17.2 Å². The van der Waals surface area contributed by atoms with Crippen LogP contribution in [0.3, 0.4) is 0 Å². The number of carbonyl (C=O) groups excluding carboxylic acids is 2. The second-order valence-corrected chi connectivity index (χ2v) is 12.4. The number of carbonyl (C=O) groups is 2. The van der Waals surface area contributed by atoms with E-state index in [1.165, 1.54) is 36.4 Å². The van der Waals surface area contributed by atoms with Gasteiger partial charge in [-0.2, -0.15) is 5.10 Å². The molecular formula is C33H38N4O5. The lowest BCUT2D eigenvalue weighted by Gasteiger charge is -2.42. The first-order valence-corrected chi connectivity index (χ1v) is 15.1. The predicted octanol–water partition coefficient (Wildman–Crippen LogP) is 4.95. The maximum absolute atomic E-state index is 13.2. The van der Waals surface area contributed by atoms with E-state index in [2.05, 4.69) is 35.8 Å². The van der Waals surface area contributed by atoms with Gasteiger partial charge in [0, 0.05) is 48.6 Å². The second-order valence-electron chi connectivity index (χ2n) is 12.4. The molecule has 2 aliphatic carbocycles. The van der Waals surface area contributed by atoms with Crippen LogP contribution >= 0.6 is 0 Å². The van der Waals surface area contributed by atoms with E-state index in [4.69, 9.17) is 14.6 Å². The van der Waals surface area contributed by atoms with Crippen LogP contribution in [0.15, 0.2) is 36.5 Å². The first-order valence-electron chi connectivity index (χ1n) is 15.1. The number of para-hydroxylation sites is 1. The van der Waals surface area contributed by atoms with E-state index < -0.39 is 5.97 Å². The number of rotatable bonds is 7. The third kappa shape index (κ3) is 4.54. The van der Waals surface area contributed by atoms with Crippen molar-refractivity contribution in [3.63, 3.8) is 0 Å². The van der Waals surface area contributed by atoms with Crippen molar-refractivity contribution in [1.82, 2.24) is 19.1 Å². The number of nitrogens with zero attached hydrogens (tertiary/aromatic N) is 4. The smallest absolute Gasteiger partial charge is 0.339 e. The monoisotopic (exact) mass is 570 g/mol. The number of aliphatic hydroxyl groups excluding tert-OH is 1. The molecule has 9 nitrogen and oxygen atoms in total. The topological polar surface area (TPSA) is 98.3 Å². The highest BCUT2D eigenvalue weighted by Crippen LogP contribution is 2.42. The Morgan fingerprint density at radius 1 is 1.02 bits per heavy atom. The highest BCUT2D eigenvalue weighted by Gasteiger charge is 2.38. The number of hydrogen-bond acceptors (Lipinski definition) is 6. The molecule has 220 valence electrons. The third-order valence-electron chi connectivity index (χ3n) is 9.58. The van der Waals surface area contributed by atoms with Crippen LogP contribution in [0.1, 0.15) is 65.9 Å². The Bertz CT molecular complexity index is 1690. The van der Waals surface area contributed by atoms with Crippen LogP contribution in [0.4, 0.5) is 0 Å². The molecule has 1 aliphatic heterocycles. The Kier molecular flexibility index (Phi) is 6.72. The average Bonchev–Trinajstić information content (AvgIpc) is 3.64. The van der Waals surface area contributed by atoms with Crippen molar-refractivity contribution in [3.05, 3.63) is 53.2 Å². The quantitative estimate of drug-likeness (QED) is 0.316. The van der Waals surface area contributed by atoms with Gasteiger partial charge in [0.15, 0.2) is 0 Å². The van der Waals surface area contributed by atoms with Crippen molar-refractivity contribution in [3.8, 4) is 17.1 Å². The Balaban J connectivity index is 1.26. The van der Waals surface area contributed by atoms with E-state index >= 15 is 0 Å². The Labute approximate surface area is 245 Å². The van der Waals surface area contributed by atoms with Gasteiger partial charge in [-0.05, 0) is 69.1 Å². The van der Waals surface area contributed by atoms with Crippen LogP contribution in [0.25, 0.3) is 27.8 Å². The van der Waals surface area contributed by atoms with Gasteiger partial charge < -0.3 is 24.0 Å². The molecule has 9 heteroatoms. The number of ether oxygens (including phenoxy) is 2. The minimum Gasteiger partial charge on any atom is -0.494 e. The Morgan fingerprint density at radius 2 is 1.79 bits per heavy atom. The molecule has 0 spiro atoms. The number of pyridine rings is 1. The molecule has 7 rings (SSSR count). The second kappa shape index (κ2) is 10.5. The molecular weight excluding hydrogens is 532 g/mol. The zero-order chi connectivity index (χ0) is 29.1. The molecule has 4 aromatic rings. The van der Waals surface area contributed by atoms with E-state index in [1.54, 1.807) is 23.9 Å². The van der Waals surface area contributed by atoms with Crippen molar-refractivity contribution in [2.75, 3.05) is 27.3 Å². The number of amides is 1. The maximum Gasteiger partial charge on any atom is 0.339 e. The molecule has 3 aliphatic rings. The summed E-state index contributed by atoms with van der Waals surface area (Å²) in [6.07, 6.45) is 6.92. The van der Waals surface area contributed by atoms with Crippen LogP contribution in [0.2, 0.25) is 0 Å². The standard InChI is InChI=1S/C33H38N4O5/c1-19-29(34-37-18-23(33(40)42-3)14-28(41-2)30(19)37)27-13-22-5-4-6-26(31(22)36(27)15-20-7-8-20)24-16-35(17-24)32(39)21-9-11-25(38)12-10-21/h4-6,13-14,18,20-21,24-25,38H,7-12,15-17H2,1-3H3. The van der Waals surface area contributed by atoms with Gasteiger partial charge in [0.05, 0.1) is 37.1 Å². The van der Waals surface area contributed by atoms with Crippen molar-refractivity contribution < 1.29 is 24.2 Å². The summed E-state index contributed by atoms with van der Waals surface area (Å²) in [5, 5.41) is 16.0. The highest BCUT2D eigenvalue weighted by atomic mass is 16.5. The fourth-order valence-corrected chi connectivity index (χ4v) is 6.98. The van der Waals surface area contributed by atoms with E-state index in [-0.39, 0.29) is 23.8 Å². The van der Waals surface area contributed by atoms with Gasteiger partial charge in [-0.15, -0.1) is 0 Å². The zero-order valence-electron chi connectivity index (χ0n) is 24.5. The van der Waals surface area contributed by atoms with Crippen LogP contribution in [0.5, 0.6) is 5.75 Å². The van der Waals surface area contributed by atoms with Crippen molar-refractivity contribution in [2.45, 2.75) is 64.0 Å². The normalized spacial score (nSPS) is 21.1. The number of aromatic nitrogens is 3. The van der Waals surface area contributed by atoms with Crippen molar-refractivity contribution in [1.29, 1.82) is 0 Å². The maximum atomic E-state index is 13.2. The van der Waals surface area contributed by atoms with Gasteiger partial charge in [0.1, 0.15) is 17.0 Å². The number of esters is 1. The molecule has 3 fully saturated rings. The summed E-state index contributed by atoms with van der Waals surface area (Å²) in [7, 11) is 2.97. The van der Waals surface area contributed by atoms with Crippen LogP contribution < -0.4 is 4.74 Å². The number of hydrogen-bond donors (Lipinski definition) is 1. The van der Waals surface area contributed by atoms with Gasteiger partial charge in [-0.1, -0.05) is 18.2 Å². The zero-order valence-corrected chi connectivity index (χ0v) is 24.5. The summed E-state index contributed by atoms with van der Waals surface area (Å²) < 4.78 is 14.8. The molecule has 1 saturated heterocycles. The molecule has 4 heterocycles. The van der Waals surface area contributed by atoms with E-state index in [0.717, 1.165) is 67.8 Å². The van der Waals surface area contributed by atoms with Crippen LogP contribution in [-0.4, -0.2) is 69.5 Å².